The zero-order chi connectivity index (χ0) is 14.8. The topological polar surface area (TPSA) is 73.6 Å². The van der Waals surface area contributed by atoms with Crippen molar-refractivity contribution in [1.82, 2.24) is 5.32 Å². The van der Waals surface area contributed by atoms with Gasteiger partial charge in [-0.25, -0.2) is 0 Å². The molecule has 1 aromatic carbocycles. The summed E-state index contributed by atoms with van der Waals surface area (Å²) in [5.41, 5.74) is 7.21. The van der Waals surface area contributed by atoms with E-state index in [0.29, 0.717) is 29.5 Å². The highest BCUT2D eigenvalue weighted by Crippen LogP contribution is 2.36. The number of hydrogen-bond donors (Lipinski definition) is 2. The fraction of sp³-hybridized carbons (Fsp3) is 0.438. The van der Waals surface area contributed by atoms with Crippen LogP contribution < -0.4 is 20.5 Å². The van der Waals surface area contributed by atoms with Gasteiger partial charge in [0.25, 0.3) is 5.91 Å². The number of para-hydroxylation sites is 1. The van der Waals surface area contributed by atoms with Crippen LogP contribution in [-0.4, -0.2) is 32.2 Å². The van der Waals surface area contributed by atoms with Crippen molar-refractivity contribution in [2.75, 3.05) is 20.3 Å². The Bertz CT molecular complexity index is 585. The van der Waals surface area contributed by atoms with E-state index in [1.54, 1.807) is 7.11 Å². The van der Waals surface area contributed by atoms with Gasteiger partial charge in [0, 0.05) is 18.2 Å². The smallest absolute Gasteiger partial charge is 0.250 e. The largest absolute Gasteiger partial charge is 0.493 e. The molecule has 3 rings (SSSR count). The molecule has 1 aliphatic carbocycles. The zero-order valence-corrected chi connectivity index (χ0v) is 13.3. The van der Waals surface area contributed by atoms with Gasteiger partial charge in [-0.3, -0.25) is 4.79 Å². The Hall–Kier alpha value is -1.72. The predicted octanol–water partition coefficient (Wildman–Crippen LogP) is 1.75. The van der Waals surface area contributed by atoms with Gasteiger partial charge in [-0.15, -0.1) is 12.4 Å². The number of benzene rings is 1. The molecule has 1 fully saturated rings. The number of carbonyl (C=O) groups is 1. The number of methoxy groups -OCH3 is 1. The van der Waals surface area contributed by atoms with E-state index in [0.717, 1.165) is 18.4 Å². The highest BCUT2D eigenvalue weighted by Gasteiger charge is 2.32. The lowest BCUT2D eigenvalue weighted by atomic mass is 10.1. The third kappa shape index (κ3) is 3.36. The maximum Gasteiger partial charge on any atom is 0.250 e. The highest BCUT2D eigenvalue weighted by molar-refractivity contribution is 5.99. The summed E-state index contributed by atoms with van der Waals surface area (Å²) < 4.78 is 10.9. The van der Waals surface area contributed by atoms with E-state index in [9.17, 15) is 4.79 Å². The van der Waals surface area contributed by atoms with Crippen molar-refractivity contribution in [3.63, 3.8) is 0 Å². The van der Waals surface area contributed by atoms with Crippen molar-refractivity contribution < 1.29 is 14.3 Å². The Morgan fingerprint density at radius 1 is 1.50 bits per heavy atom. The molecule has 1 aromatic rings. The Morgan fingerprint density at radius 3 is 2.91 bits per heavy atom. The van der Waals surface area contributed by atoms with Crippen LogP contribution in [0.15, 0.2) is 23.8 Å². The summed E-state index contributed by atoms with van der Waals surface area (Å²) in [7, 11) is 1.60. The second-order valence-corrected chi connectivity index (χ2v) is 5.49. The average Bonchev–Trinajstić information content (AvgIpc) is 3.35. The van der Waals surface area contributed by atoms with E-state index in [-0.39, 0.29) is 31.0 Å². The van der Waals surface area contributed by atoms with Gasteiger partial charge < -0.3 is 20.5 Å². The number of hydrogen-bond acceptors (Lipinski definition) is 4. The van der Waals surface area contributed by atoms with Crippen LogP contribution in [-0.2, 0) is 4.79 Å². The van der Waals surface area contributed by atoms with Crippen molar-refractivity contribution in [2.24, 2.45) is 11.7 Å². The van der Waals surface area contributed by atoms with Gasteiger partial charge in [-0.1, -0.05) is 12.1 Å². The van der Waals surface area contributed by atoms with Crippen LogP contribution in [0.2, 0.25) is 0 Å². The third-order valence-electron chi connectivity index (χ3n) is 3.98. The van der Waals surface area contributed by atoms with Crippen LogP contribution in [0.25, 0.3) is 6.08 Å². The Morgan fingerprint density at radius 2 is 2.27 bits per heavy atom. The molecular weight excluding hydrogens is 304 g/mol. The van der Waals surface area contributed by atoms with Crippen molar-refractivity contribution in [3.8, 4) is 11.5 Å². The number of nitrogens with two attached hydrogens (primary N) is 1. The molecule has 6 heteroatoms. The summed E-state index contributed by atoms with van der Waals surface area (Å²) in [6, 6.07) is 5.71. The normalized spacial score (nSPS) is 17.3. The molecule has 1 saturated carbocycles. The average molecular weight is 325 g/mol. The number of halogens is 1. The second-order valence-electron chi connectivity index (χ2n) is 5.49. The zero-order valence-electron chi connectivity index (χ0n) is 12.5. The summed E-state index contributed by atoms with van der Waals surface area (Å²) in [5.74, 6) is 1.82. The Labute approximate surface area is 136 Å². The molecule has 22 heavy (non-hydrogen) atoms. The number of rotatable bonds is 5. The first kappa shape index (κ1) is 16.6. The lowest BCUT2D eigenvalue weighted by molar-refractivity contribution is -0.118. The molecule has 0 aromatic heterocycles. The van der Waals surface area contributed by atoms with Gasteiger partial charge in [0.05, 0.1) is 12.7 Å². The third-order valence-corrected chi connectivity index (χ3v) is 3.98. The molecule has 1 heterocycles. The molecule has 0 radical (unpaired) electrons. The van der Waals surface area contributed by atoms with Crippen molar-refractivity contribution in [3.05, 3.63) is 29.3 Å². The number of carbonyl (C=O) groups excluding carboxylic acids is 1. The van der Waals surface area contributed by atoms with Crippen molar-refractivity contribution in [1.29, 1.82) is 0 Å². The maximum atomic E-state index is 12.3. The minimum atomic E-state index is -0.0918. The molecule has 0 saturated heterocycles. The van der Waals surface area contributed by atoms with E-state index >= 15 is 0 Å². The second kappa shape index (κ2) is 7.03. The molecule has 0 spiro atoms. The summed E-state index contributed by atoms with van der Waals surface area (Å²) in [6.45, 7) is 0.732. The van der Waals surface area contributed by atoms with Gasteiger partial charge in [-0.05, 0) is 30.9 Å². The van der Waals surface area contributed by atoms with E-state index in [1.807, 2.05) is 24.3 Å². The fourth-order valence-corrected chi connectivity index (χ4v) is 2.60. The Kier molecular flexibility index (Phi) is 5.32. The van der Waals surface area contributed by atoms with Crippen LogP contribution in [0.1, 0.15) is 18.4 Å². The molecule has 0 bridgehead atoms. The van der Waals surface area contributed by atoms with Gasteiger partial charge in [-0.2, -0.15) is 0 Å². The minimum Gasteiger partial charge on any atom is -0.493 e. The fourth-order valence-electron chi connectivity index (χ4n) is 2.60. The van der Waals surface area contributed by atoms with Crippen LogP contribution >= 0.6 is 12.4 Å². The molecule has 5 nitrogen and oxygen atoms in total. The monoisotopic (exact) mass is 324 g/mol. The number of fused-ring (bicyclic) bond motifs is 1. The van der Waals surface area contributed by atoms with Crippen LogP contribution in [0, 0.1) is 5.92 Å². The van der Waals surface area contributed by atoms with Crippen molar-refractivity contribution >= 4 is 24.4 Å². The summed E-state index contributed by atoms with van der Waals surface area (Å²) in [5, 5.41) is 3.01. The van der Waals surface area contributed by atoms with Crippen LogP contribution in [0.3, 0.4) is 0 Å². The first-order valence-electron chi connectivity index (χ1n) is 7.24. The summed E-state index contributed by atoms with van der Waals surface area (Å²) >= 11 is 0. The molecule has 120 valence electrons. The summed E-state index contributed by atoms with van der Waals surface area (Å²) in [6.07, 6.45) is 4.16. The van der Waals surface area contributed by atoms with Crippen molar-refractivity contribution in [2.45, 2.75) is 18.9 Å². The predicted molar refractivity (Wildman–Crippen MR) is 87.4 cm³/mol. The Balaban J connectivity index is 0.00000176. The van der Waals surface area contributed by atoms with Crippen LogP contribution in [0.4, 0.5) is 0 Å². The lowest BCUT2D eigenvalue weighted by Crippen LogP contribution is -2.43. The maximum absolute atomic E-state index is 12.3. The molecule has 2 aliphatic rings. The summed E-state index contributed by atoms with van der Waals surface area (Å²) in [4.78, 5) is 12.3. The quantitative estimate of drug-likeness (QED) is 0.865. The van der Waals surface area contributed by atoms with Gasteiger partial charge in [0.15, 0.2) is 11.5 Å². The molecule has 3 N–H and O–H groups in total. The first-order chi connectivity index (χ1) is 10.2. The van der Waals surface area contributed by atoms with Gasteiger partial charge >= 0.3 is 0 Å². The van der Waals surface area contributed by atoms with E-state index in [1.165, 1.54) is 0 Å². The first-order valence-corrected chi connectivity index (χ1v) is 7.24. The SMILES string of the molecule is COc1cccc2c1OCC(C(=O)NC(CN)C1CC1)=C2.Cl. The number of ether oxygens (including phenoxy) is 2. The van der Waals surface area contributed by atoms with E-state index < -0.39 is 0 Å². The minimum absolute atomic E-state index is 0. The standard InChI is InChI=1S/C16H20N2O3.ClH/c1-20-14-4-2-3-11-7-12(9-21-15(11)14)16(19)18-13(8-17)10-5-6-10;/h2-4,7,10,13H,5-6,8-9,17H2,1H3,(H,18,19);1H. The molecule has 1 amide bonds. The van der Waals surface area contributed by atoms with Gasteiger partial charge in [0.2, 0.25) is 0 Å². The molecular formula is C16H21ClN2O3. The van der Waals surface area contributed by atoms with Gasteiger partial charge in [0.1, 0.15) is 6.61 Å². The number of nitrogens with one attached hydrogen (secondary N) is 1. The van der Waals surface area contributed by atoms with E-state index in [2.05, 4.69) is 5.32 Å². The van der Waals surface area contributed by atoms with E-state index in [4.69, 9.17) is 15.2 Å². The molecule has 1 unspecified atom stereocenters. The highest BCUT2D eigenvalue weighted by atomic mass is 35.5. The number of amides is 1. The lowest BCUT2D eigenvalue weighted by Gasteiger charge is -2.22. The molecule has 1 aliphatic heterocycles. The molecule has 1 atom stereocenters. The van der Waals surface area contributed by atoms with Crippen LogP contribution in [0.5, 0.6) is 11.5 Å².